The third kappa shape index (κ3) is 2.52. The molecule has 1 rings (SSSR count). The number of aryl methyl sites for hydroxylation is 1. The zero-order valence-electron chi connectivity index (χ0n) is 8.40. The van der Waals surface area contributed by atoms with Gasteiger partial charge in [0.05, 0.1) is 11.1 Å². The summed E-state index contributed by atoms with van der Waals surface area (Å²) < 4.78 is 5.08. The summed E-state index contributed by atoms with van der Waals surface area (Å²) in [5.41, 5.74) is 0.160. The van der Waals surface area contributed by atoms with Gasteiger partial charge in [-0.2, -0.15) is 0 Å². The van der Waals surface area contributed by atoms with Gasteiger partial charge in [-0.25, -0.2) is 9.78 Å². The molecule has 1 aromatic heterocycles. The minimum absolute atomic E-state index is 0.0715. The van der Waals surface area contributed by atoms with Gasteiger partial charge in [0.2, 0.25) is 0 Å². The number of methoxy groups -OCH3 is 1. The summed E-state index contributed by atoms with van der Waals surface area (Å²) in [5.74, 6) is -0.963. The Balaban J connectivity index is 2.81. The Morgan fingerprint density at radius 1 is 1.71 bits per heavy atom. The van der Waals surface area contributed by atoms with Gasteiger partial charge in [-0.05, 0) is 13.8 Å². The number of hydrogen-bond acceptors (Lipinski definition) is 4. The summed E-state index contributed by atoms with van der Waals surface area (Å²) in [5, 5.41) is 9.60. The van der Waals surface area contributed by atoms with E-state index < -0.39 is 5.97 Å². The molecule has 0 aliphatic rings. The van der Waals surface area contributed by atoms with Crippen molar-refractivity contribution < 1.29 is 14.6 Å². The van der Waals surface area contributed by atoms with E-state index in [1.807, 2.05) is 6.92 Å². The third-order valence-electron chi connectivity index (χ3n) is 1.91. The lowest BCUT2D eigenvalue weighted by atomic mass is 10.3. The molecule has 0 radical (unpaired) electrons. The van der Waals surface area contributed by atoms with Gasteiger partial charge in [0.1, 0.15) is 0 Å². The smallest absolute Gasteiger partial charge is 0.355 e. The molecule has 0 aliphatic carbocycles. The maximum Gasteiger partial charge on any atom is 0.355 e. The van der Waals surface area contributed by atoms with Crippen molar-refractivity contribution in [3.63, 3.8) is 0 Å². The Kier molecular flexibility index (Phi) is 3.60. The van der Waals surface area contributed by atoms with Crippen molar-refractivity contribution in [2.75, 3.05) is 7.11 Å². The number of rotatable bonds is 4. The molecule has 0 fully saturated rings. The van der Waals surface area contributed by atoms with Gasteiger partial charge in [0, 0.05) is 18.4 Å². The van der Waals surface area contributed by atoms with E-state index in [4.69, 9.17) is 9.84 Å². The summed E-state index contributed by atoms with van der Waals surface area (Å²) >= 11 is 1.41. The Bertz CT molecular complexity index is 335. The van der Waals surface area contributed by atoms with E-state index in [-0.39, 0.29) is 11.8 Å². The fourth-order valence-electron chi connectivity index (χ4n) is 1.07. The number of aromatic nitrogens is 1. The fourth-order valence-corrected chi connectivity index (χ4v) is 2.10. The molecule has 0 bridgehead atoms. The van der Waals surface area contributed by atoms with E-state index in [9.17, 15) is 4.79 Å². The largest absolute Gasteiger partial charge is 0.476 e. The second-order valence-electron chi connectivity index (χ2n) is 3.07. The van der Waals surface area contributed by atoms with Crippen LogP contribution in [0, 0.1) is 6.92 Å². The minimum atomic E-state index is -0.963. The molecule has 0 spiro atoms. The second-order valence-corrected chi connectivity index (χ2v) is 4.36. The lowest BCUT2D eigenvalue weighted by Crippen LogP contribution is -2.08. The second kappa shape index (κ2) is 4.52. The van der Waals surface area contributed by atoms with Crippen LogP contribution in [0.25, 0.3) is 0 Å². The van der Waals surface area contributed by atoms with Crippen LogP contribution in [0.4, 0.5) is 0 Å². The molecule has 14 heavy (non-hydrogen) atoms. The van der Waals surface area contributed by atoms with Crippen LogP contribution < -0.4 is 0 Å². The summed E-state index contributed by atoms with van der Waals surface area (Å²) in [6.07, 6.45) is 0.733. The topological polar surface area (TPSA) is 59.4 Å². The number of carbonyl (C=O) groups is 1. The Morgan fingerprint density at radius 3 is 2.79 bits per heavy atom. The summed E-state index contributed by atoms with van der Waals surface area (Å²) in [6.45, 7) is 3.69. The lowest BCUT2D eigenvalue weighted by Gasteiger charge is -2.05. The van der Waals surface area contributed by atoms with Gasteiger partial charge in [0.25, 0.3) is 0 Å². The van der Waals surface area contributed by atoms with E-state index in [1.54, 1.807) is 14.0 Å². The molecule has 1 unspecified atom stereocenters. The van der Waals surface area contributed by atoms with Gasteiger partial charge in [-0.1, -0.05) is 0 Å². The summed E-state index contributed by atoms with van der Waals surface area (Å²) in [6, 6.07) is 0. The molecule has 78 valence electrons. The van der Waals surface area contributed by atoms with Gasteiger partial charge in [0.15, 0.2) is 5.69 Å². The number of carboxylic acid groups (broad SMARTS) is 1. The number of aromatic carboxylic acids is 1. The average Bonchev–Trinajstić information content (AvgIpc) is 2.46. The standard InChI is InChI=1S/C9H13NO3S/c1-5(13-3)4-7-10-8(9(11)12)6(2)14-7/h5H,4H2,1-3H3,(H,11,12). The number of carboxylic acids is 1. The van der Waals surface area contributed by atoms with E-state index >= 15 is 0 Å². The van der Waals surface area contributed by atoms with Crippen LogP contribution in [0.3, 0.4) is 0 Å². The lowest BCUT2D eigenvalue weighted by molar-refractivity contribution is 0.0689. The van der Waals surface area contributed by atoms with Crippen molar-refractivity contribution in [3.8, 4) is 0 Å². The van der Waals surface area contributed by atoms with E-state index in [0.717, 1.165) is 9.88 Å². The fraction of sp³-hybridized carbons (Fsp3) is 0.556. The Hall–Kier alpha value is -0.940. The SMILES string of the molecule is COC(C)Cc1nc(C(=O)O)c(C)s1. The van der Waals surface area contributed by atoms with Crippen molar-refractivity contribution in [3.05, 3.63) is 15.6 Å². The molecule has 0 saturated heterocycles. The van der Waals surface area contributed by atoms with Crippen LogP contribution >= 0.6 is 11.3 Å². The van der Waals surface area contributed by atoms with E-state index in [1.165, 1.54) is 11.3 Å². The van der Waals surface area contributed by atoms with Gasteiger partial charge < -0.3 is 9.84 Å². The van der Waals surface area contributed by atoms with Crippen LogP contribution in [0.5, 0.6) is 0 Å². The quantitative estimate of drug-likeness (QED) is 0.830. The van der Waals surface area contributed by atoms with Gasteiger partial charge in [-0.3, -0.25) is 0 Å². The first-order valence-electron chi connectivity index (χ1n) is 4.27. The first-order valence-corrected chi connectivity index (χ1v) is 5.08. The van der Waals surface area contributed by atoms with Crippen LogP contribution in [0.1, 0.15) is 27.3 Å². The highest BCUT2D eigenvalue weighted by molar-refractivity contribution is 7.11. The summed E-state index contributed by atoms with van der Waals surface area (Å²) in [4.78, 5) is 15.5. The van der Waals surface area contributed by atoms with Crippen molar-refractivity contribution in [2.45, 2.75) is 26.4 Å². The molecule has 1 N–H and O–H groups in total. The van der Waals surface area contributed by atoms with Crippen LogP contribution in [0.15, 0.2) is 0 Å². The predicted octanol–water partition coefficient (Wildman–Crippen LogP) is 1.73. The summed E-state index contributed by atoms with van der Waals surface area (Å²) in [7, 11) is 1.63. The highest BCUT2D eigenvalue weighted by atomic mass is 32.1. The van der Waals surface area contributed by atoms with Crippen LogP contribution in [-0.2, 0) is 11.2 Å². The highest BCUT2D eigenvalue weighted by Gasteiger charge is 2.15. The molecule has 1 atom stereocenters. The van der Waals surface area contributed by atoms with Crippen LogP contribution in [0.2, 0.25) is 0 Å². The zero-order valence-corrected chi connectivity index (χ0v) is 9.22. The van der Waals surface area contributed by atoms with Crippen molar-refractivity contribution >= 4 is 17.3 Å². The van der Waals surface area contributed by atoms with Gasteiger partial charge in [-0.15, -0.1) is 11.3 Å². The van der Waals surface area contributed by atoms with Crippen molar-refractivity contribution in [1.82, 2.24) is 4.98 Å². The number of nitrogens with zero attached hydrogens (tertiary/aromatic N) is 1. The van der Waals surface area contributed by atoms with Gasteiger partial charge >= 0.3 is 5.97 Å². The molecule has 1 aromatic rings. The Labute approximate surface area is 86.6 Å². The van der Waals surface area contributed by atoms with E-state index in [0.29, 0.717) is 6.42 Å². The molecule has 4 nitrogen and oxygen atoms in total. The van der Waals surface area contributed by atoms with Crippen molar-refractivity contribution in [1.29, 1.82) is 0 Å². The molecule has 5 heteroatoms. The maximum absolute atomic E-state index is 10.7. The monoisotopic (exact) mass is 215 g/mol. The molecular formula is C9H13NO3S. The molecule has 1 heterocycles. The number of thiazole rings is 1. The third-order valence-corrected chi connectivity index (χ3v) is 2.90. The first kappa shape index (κ1) is 11.1. The minimum Gasteiger partial charge on any atom is -0.476 e. The number of hydrogen-bond donors (Lipinski definition) is 1. The highest BCUT2D eigenvalue weighted by Crippen LogP contribution is 2.19. The normalized spacial score (nSPS) is 12.8. The predicted molar refractivity (Wildman–Crippen MR) is 54.0 cm³/mol. The molecular weight excluding hydrogens is 202 g/mol. The molecule has 0 amide bonds. The average molecular weight is 215 g/mol. The maximum atomic E-state index is 10.7. The first-order chi connectivity index (χ1) is 6.54. The Morgan fingerprint density at radius 2 is 2.36 bits per heavy atom. The molecule has 0 aromatic carbocycles. The zero-order chi connectivity index (χ0) is 10.7. The molecule has 0 saturated carbocycles. The number of ether oxygens (including phenoxy) is 1. The van der Waals surface area contributed by atoms with Crippen LogP contribution in [-0.4, -0.2) is 29.3 Å². The molecule has 0 aliphatic heterocycles. The van der Waals surface area contributed by atoms with Crippen molar-refractivity contribution in [2.24, 2.45) is 0 Å². The van der Waals surface area contributed by atoms with E-state index in [2.05, 4.69) is 4.98 Å².